The fourth-order valence-electron chi connectivity index (χ4n) is 1.02. The van der Waals surface area contributed by atoms with Gasteiger partial charge in [-0.15, -0.1) is 13.2 Å². The third-order valence-electron chi connectivity index (χ3n) is 1.77. The van der Waals surface area contributed by atoms with E-state index >= 15 is 0 Å². The van der Waals surface area contributed by atoms with Crippen LogP contribution in [0.15, 0.2) is 11.0 Å². The fourth-order valence-corrected chi connectivity index (χ4v) is 1.60. The van der Waals surface area contributed by atoms with E-state index in [-0.39, 0.29) is 5.56 Å². The number of aromatic amines is 1. The van der Waals surface area contributed by atoms with Gasteiger partial charge < -0.3 is 9.72 Å². The standard InChI is InChI=1S/C8H7BrF3NO2/c1-4-5(2-9)3-13-7(14)6(4)15-8(10,11)12/h3H,2H2,1H3,(H,13,14). The summed E-state index contributed by atoms with van der Waals surface area (Å²) in [7, 11) is 0. The monoisotopic (exact) mass is 285 g/mol. The van der Waals surface area contributed by atoms with Crippen molar-refractivity contribution < 1.29 is 17.9 Å². The zero-order chi connectivity index (χ0) is 11.6. The Labute approximate surface area is 91.4 Å². The number of aromatic nitrogens is 1. The van der Waals surface area contributed by atoms with Crippen LogP contribution in [-0.4, -0.2) is 11.3 Å². The number of hydrogen-bond donors (Lipinski definition) is 1. The van der Waals surface area contributed by atoms with Crippen molar-refractivity contribution in [3.05, 3.63) is 27.7 Å². The quantitative estimate of drug-likeness (QED) is 0.849. The molecule has 1 aromatic rings. The molecule has 3 nitrogen and oxygen atoms in total. The summed E-state index contributed by atoms with van der Waals surface area (Å²) in [5.41, 5.74) is -0.184. The second kappa shape index (κ2) is 4.26. The normalized spacial score (nSPS) is 11.5. The van der Waals surface area contributed by atoms with Gasteiger partial charge in [0.2, 0.25) is 0 Å². The van der Waals surface area contributed by atoms with E-state index in [1.165, 1.54) is 13.1 Å². The number of halogens is 4. The fraction of sp³-hybridized carbons (Fsp3) is 0.375. The second-order valence-corrected chi connectivity index (χ2v) is 3.34. The molecule has 7 heteroatoms. The van der Waals surface area contributed by atoms with Crippen LogP contribution in [0.5, 0.6) is 5.75 Å². The molecule has 0 fully saturated rings. The van der Waals surface area contributed by atoms with Crippen molar-refractivity contribution >= 4 is 15.9 Å². The summed E-state index contributed by atoms with van der Waals surface area (Å²) in [5.74, 6) is -0.709. The van der Waals surface area contributed by atoms with Gasteiger partial charge in [-0.3, -0.25) is 4.79 Å². The summed E-state index contributed by atoms with van der Waals surface area (Å²) in [6, 6.07) is 0. The minimum absolute atomic E-state index is 0.174. The zero-order valence-electron chi connectivity index (χ0n) is 7.61. The van der Waals surface area contributed by atoms with Crippen LogP contribution in [0.1, 0.15) is 11.1 Å². The molecule has 1 N–H and O–H groups in total. The van der Waals surface area contributed by atoms with Crippen molar-refractivity contribution in [3.63, 3.8) is 0 Å². The van der Waals surface area contributed by atoms with Gasteiger partial charge in [-0.1, -0.05) is 15.9 Å². The van der Waals surface area contributed by atoms with E-state index in [0.717, 1.165) is 0 Å². The number of ether oxygens (including phenoxy) is 1. The van der Waals surface area contributed by atoms with Crippen LogP contribution in [0, 0.1) is 6.92 Å². The molecule has 1 aromatic heterocycles. The average Bonchev–Trinajstić information content (AvgIpc) is 2.11. The summed E-state index contributed by atoms with van der Waals surface area (Å²) >= 11 is 3.09. The minimum Gasteiger partial charge on any atom is -0.400 e. The lowest BCUT2D eigenvalue weighted by atomic mass is 10.2. The molecule has 0 aliphatic carbocycles. The summed E-state index contributed by atoms with van der Waals surface area (Å²) < 4.78 is 39.5. The number of nitrogens with one attached hydrogen (secondary N) is 1. The lowest BCUT2D eigenvalue weighted by Gasteiger charge is -2.11. The molecular formula is C8H7BrF3NO2. The molecule has 0 radical (unpaired) electrons. The predicted molar refractivity (Wildman–Crippen MR) is 51.1 cm³/mol. The van der Waals surface area contributed by atoms with Gasteiger partial charge in [0.05, 0.1) is 0 Å². The van der Waals surface area contributed by atoms with Crippen molar-refractivity contribution in [3.8, 4) is 5.75 Å². The third-order valence-corrected chi connectivity index (χ3v) is 2.37. The van der Waals surface area contributed by atoms with Gasteiger partial charge in [0.15, 0.2) is 5.75 Å². The Morgan fingerprint density at radius 3 is 2.60 bits per heavy atom. The molecule has 0 atom stereocenters. The Bertz CT molecular complexity index is 413. The van der Waals surface area contributed by atoms with Crippen molar-refractivity contribution in [1.82, 2.24) is 4.98 Å². The van der Waals surface area contributed by atoms with Gasteiger partial charge in [0, 0.05) is 17.1 Å². The smallest absolute Gasteiger partial charge is 0.400 e. The Balaban J connectivity index is 3.22. The molecule has 0 aliphatic rings. The number of hydrogen-bond acceptors (Lipinski definition) is 2. The summed E-state index contributed by atoms with van der Waals surface area (Å²) in [6.07, 6.45) is -3.52. The Morgan fingerprint density at radius 1 is 1.53 bits per heavy atom. The van der Waals surface area contributed by atoms with Gasteiger partial charge in [-0.2, -0.15) is 0 Å². The minimum atomic E-state index is -4.86. The first-order valence-corrected chi connectivity index (χ1v) is 5.00. The van der Waals surface area contributed by atoms with Crippen LogP contribution in [0.25, 0.3) is 0 Å². The maximum Gasteiger partial charge on any atom is 0.573 e. The first kappa shape index (κ1) is 12.1. The van der Waals surface area contributed by atoms with Crippen LogP contribution < -0.4 is 10.3 Å². The highest BCUT2D eigenvalue weighted by molar-refractivity contribution is 9.08. The number of rotatable bonds is 2. The van der Waals surface area contributed by atoms with Gasteiger partial charge in [-0.05, 0) is 12.5 Å². The highest BCUT2D eigenvalue weighted by Crippen LogP contribution is 2.24. The summed E-state index contributed by atoms with van der Waals surface area (Å²) in [5, 5.41) is 0.337. The maximum absolute atomic E-state index is 12.0. The van der Waals surface area contributed by atoms with E-state index in [1.807, 2.05) is 0 Å². The van der Waals surface area contributed by atoms with Crippen molar-refractivity contribution in [2.45, 2.75) is 18.6 Å². The zero-order valence-corrected chi connectivity index (χ0v) is 9.20. The number of pyridine rings is 1. The highest BCUT2D eigenvalue weighted by Gasteiger charge is 2.33. The predicted octanol–water partition coefficient (Wildman–Crippen LogP) is 2.48. The average molecular weight is 286 g/mol. The highest BCUT2D eigenvalue weighted by atomic mass is 79.9. The van der Waals surface area contributed by atoms with E-state index in [2.05, 4.69) is 25.7 Å². The summed E-state index contributed by atoms with van der Waals surface area (Å²) in [6.45, 7) is 1.40. The lowest BCUT2D eigenvalue weighted by Crippen LogP contribution is -2.24. The molecule has 84 valence electrons. The Kier molecular flexibility index (Phi) is 3.43. The molecule has 0 saturated heterocycles. The van der Waals surface area contributed by atoms with Crippen LogP contribution in [0.4, 0.5) is 13.2 Å². The van der Waals surface area contributed by atoms with E-state index in [9.17, 15) is 18.0 Å². The number of alkyl halides is 4. The largest absolute Gasteiger partial charge is 0.573 e. The molecule has 0 bridgehead atoms. The van der Waals surface area contributed by atoms with E-state index in [0.29, 0.717) is 10.9 Å². The molecule has 1 heterocycles. The first-order valence-electron chi connectivity index (χ1n) is 3.88. The van der Waals surface area contributed by atoms with Crippen LogP contribution >= 0.6 is 15.9 Å². The van der Waals surface area contributed by atoms with Crippen molar-refractivity contribution in [1.29, 1.82) is 0 Å². The molecule has 0 spiro atoms. The molecule has 0 aromatic carbocycles. The molecule has 0 saturated carbocycles. The van der Waals surface area contributed by atoms with Crippen LogP contribution in [0.2, 0.25) is 0 Å². The Morgan fingerprint density at radius 2 is 2.13 bits per heavy atom. The van der Waals surface area contributed by atoms with Crippen LogP contribution in [0.3, 0.4) is 0 Å². The maximum atomic E-state index is 12.0. The molecule has 0 aliphatic heterocycles. The van der Waals surface area contributed by atoms with Crippen LogP contribution in [-0.2, 0) is 5.33 Å². The second-order valence-electron chi connectivity index (χ2n) is 2.78. The molecule has 0 amide bonds. The van der Waals surface area contributed by atoms with Gasteiger partial charge in [0.25, 0.3) is 5.56 Å². The number of H-pyrrole nitrogens is 1. The molecule has 15 heavy (non-hydrogen) atoms. The van der Waals surface area contributed by atoms with E-state index in [1.54, 1.807) is 0 Å². The van der Waals surface area contributed by atoms with Crippen molar-refractivity contribution in [2.24, 2.45) is 0 Å². The van der Waals surface area contributed by atoms with Gasteiger partial charge >= 0.3 is 6.36 Å². The molecule has 0 unspecified atom stereocenters. The van der Waals surface area contributed by atoms with Crippen molar-refractivity contribution in [2.75, 3.05) is 0 Å². The summed E-state index contributed by atoms with van der Waals surface area (Å²) in [4.78, 5) is 13.3. The SMILES string of the molecule is Cc1c(CBr)c[nH]c(=O)c1OC(F)(F)F. The van der Waals surface area contributed by atoms with E-state index in [4.69, 9.17) is 0 Å². The van der Waals surface area contributed by atoms with Gasteiger partial charge in [0.1, 0.15) is 0 Å². The van der Waals surface area contributed by atoms with Gasteiger partial charge in [-0.25, -0.2) is 0 Å². The van der Waals surface area contributed by atoms with E-state index < -0.39 is 17.7 Å². The topological polar surface area (TPSA) is 42.1 Å². The first-order chi connectivity index (χ1) is 6.85. The lowest BCUT2D eigenvalue weighted by molar-refractivity contribution is -0.275. The molecule has 1 rings (SSSR count). The third kappa shape index (κ3) is 2.98. The molecular weight excluding hydrogens is 279 g/mol. The Hall–Kier alpha value is -0.980.